The molecule has 0 heteroatoms. The molecule has 0 aromatic heterocycles. The minimum Gasteiger partial charge on any atom is -0.0987 e. The van der Waals surface area contributed by atoms with Crippen molar-refractivity contribution in [3.8, 4) is 55.6 Å². The second-order valence-corrected chi connectivity index (χ2v) is 20.2. The molecule has 356 valence electrons. The van der Waals surface area contributed by atoms with Crippen molar-refractivity contribution in [2.75, 3.05) is 0 Å². The predicted molar refractivity (Wildman–Crippen MR) is 311 cm³/mol. The van der Waals surface area contributed by atoms with Gasteiger partial charge in [-0.15, -0.1) is 0 Å². The zero-order chi connectivity index (χ0) is 50.4. The lowest BCUT2D eigenvalue weighted by Gasteiger charge is -2.23. The lowest BCUT2D eigenvalue weighted by molar-refractivity contribution is 0.655. The zero-order valence-electron chi connectivity index (χ0n) is 44.0. The highest BCUT2D eigenvalue weighted by atomic mass is 14.4. The Morgan fingerprint density at radius 3 is 1.73 bits per heavy atom. The molecule has 0 bridgehead atoms. The van der Waals surface area contributed by atoms with Crippen LogP contribution in [-0.2, 0) is 5.41 Å². The van der Waals surface area contributed by atoms with Gasteiger partial charge in [-0.25, -0.2) is 0 Å². The molecule has 0 radical (unpaired) electrons. The van der Waals surface area contributed by atoms with Gasteiger partial charge < -0.3 is 0 Å². The van der Waals surface area contributed by atoms with Crippen molar-refractivity contribution in [2.24, 2.45) is 0 Å². The van der Waals surface area contributed by atoms with Crippen molar-refractivity contribution < 1.29 is 0 Å². The lowest BCUT2D eigenvalue weighted by atomic mass is 9.80. The van der Waals surface area contributed by atoms with Gasteiger partial charge in [-0.2, -0.15) is 0 Å². The summed E-state index contributed by atoms with van der Waals surface area (Å²) in [6.45, 7) is 30.3. The molecule has 0 amide bonds. The van der Waals surface area contributed by atoms with E-state index >= 15 is 0 Å². The van der Waals surface area contributed by atoms with Gasteiger partial charge in [-0.1, -0.05) is 229 Å². The highest BCUT2D eigenvalue weighted by Gasteiger charge is 2.35. The van der Waals surface area contributed by atoms with Crippen molar-refractivity contribution in [3.05, 3.63) is 262 Å². The Bertz CT molecular complexity index is 3290. The van der Waals surface area contributed by atoms with E-state index in [1.807, 2.05) is 12.2 Å². The minimum absolute atomic E-state index is 0.0579. The van der Waals surface area contributed by atoms with E-state index in [0.29, 0.717) is 11.8 Å². The van der Waals surface area contributed by atoms with Crippen LogP contribution in [0.2, 0.25) is 0 Å². The third-order valence-electron chi connectivity index (χ3n) is 15.2. The number of hydrogen-bond donors (Lipinski definition) is 0. The van der Waals surface area contributed by atoms with Gasteiger partial charge in [0.1, 0.15) is 0 Å². The van der Waals surface area contributed by atoms with Gasteiger partial charge in [0.15, 0.2) is 0 Å². The summed E-state index contributed by atoms with van der Waals surface area (Å²) in [5.74, 6) is 1.23. The fourth-order valence-corrected chi connectivity index (χ4v) is 11.0. The summed E-state index contributed by atoms with van der Waals surface area (Å²) in [6, 6.07) is 62.4. The number of rotatable bonds is 10. The van der Waals surface area contributed by atoms with E-state index in [9.17, 15) is 0 Å². The monoisotopic (exact) mass is 925 g/mol. The molecule has 0 aliphatic heterocycles. The van der Waals surface area contributed by atoms with E-state index in [1.54, 1.807) is 0 Å². The Morgan fingerprint density at radius 2 is 1.07 bits per heavy atom. The standard InChI is InChI=1S/C32H32.C29H26.C10H14/c1-8-11-28-29-17-14-25(20-31(29)32(6,7)30(28)10-3)24-13-16-26(22(5)19-24)27-15-12-21(4)18-23(27)9-2;1-4-23-25-11-7-8-12-26(25)29-18-22(15-16-27(23)29)21-14-13-20(3)28(17-21)24-10-6-5-9-19(24)2;1-3-9(2)10-7-5-4-6-8-10/h8-20H,2-3H2,1,4-7H3;5-18,23H,4H2,1-3H3;4-9H,3H2,1-2H3/b11-8-;;. The van der Waals surface area contributed by atoms with E-state index in [-0.39, 0.29) is 5.41 Å². The maximum atomic E-state index is 4.11. The van der Waals surface area contributed by atoms with Gasteiger partial charge in [0.05, 0.1) is 0 Å². The third-order valence-corrected chi connectivity index (χ3v) is 15.2. The van der Waals surface area contributed by atoms with Crippen molar-refractivity contribution in [1.82, 2.24) is 0 Å². The predicted octanol–water partition coefficient (Wildman–Crippen LogP) is 20.4. The van der Waals surface area contributed by atoms with Gasteiger partial charge in [0.2, 0.25) is 0 Å². The summed E-state index contributed by atoms with van der Waals surface area (Å²) in [7, 11) is 0. The van der Waals surface area contributed by atoms with Crippen LogP contribution in [0.1, 0.15) is 122 Å². The number of fused-ring (bicyclic) bond motifs is 4. The van der Waals surface area contributed by atoms with Crippen LogP contribution in [-0.4, -0.2) is 0 Å². The molecule has 10 rings (SSSR count). The molecule has 2 unspecified atom stereocenters. The quantitative estimate of drug-likeness (QED) is 0.128. The minimum atomic E-state index is -0.0579. The smallest absolute Gasteiger partial charge is 0.0158 e. The number of benzene rings is 8. The Morgan fingerprint density at radius 1 is 0.507 bits per heavy atom. The highest BCUT2D eigenvalue weighted by Crippen LogP contribution is 2.49. The van der Waals surface area contributed by atoms with Crippen LogP contribution in [0.15, 0.2) is 207 Å². The first-order chi connectivity index (χ1) is 34.3. The first-order valence-corrected chi connectivity index (χ1v) is 25.8. The number of allylic oxidation sites excluding steroid dienone is 5. The summed E-state index contributed by atoms with van der Waals surface area (Å²) in [6.07, 6.45) is 10.7. The molecule has 0 spiro atoms. The lowest BCUT2D eigenvalue weighted by Crippen LogP contribution is -2.16. The van der Waals surface area contributed by atoms with Crippen LogP contribution in [0.25, 0.3) is 67.3 Å². The molecule has 2 aliphatic rings. The molecule has 8 aromatic carbocycles. The molecular weight excluding hydrogens is 853 g/mol. The van der Waals surface area contributed by atoms with Gasteiger partial charge >= 0.3 is 0 Å². The van der Waals surface area contributed by atoms with Gasteiger partial charge in [-0.05, 0) is 188 Å². The van der Waals surface area contributed by atoms with Gasteiger partial charge in [-0.3, -0.25) is 0 Å². The van der Waals surface area contributed by atoms with Crippen LogP contribution >= 0.6 is 0 Å². The average Bonchev–Trinajstić information content (AvgIpc) is 3.83. The van der Waals surface area contributed by atoms with E-state index in [2.05, 4.69) is 264 Å². The van der Waals surface area contributed by atoms with Crippen molar-refractivity contribution in [2.45, 2.75) is 99.3 Å². The van der Waals surface area contributed by atoms with Crippen LogP contribution < -0.4 is 0 Å². The van der Waals surface area contributed by atoms with Crippen LogP contribution in [0, 0.1) is 27.7 Å². The summed E-state index contributed by atoms with van der Waals surface area (Å²) < 4.78 is 0. The van der Waals surface area contributed by atoms with Crippen molar-refractivity contribution in [1.29, 1.82) is 0 Å². The molecule has 0 saturated heterocycles. The molecule has 0 saturated carbocycles. The fraction of sp³-hybridized carbons (Fsp3) is 0.211. The maximum absolute atomic E-state index is 4.11. The second kappa shape index (κ2) is 21.8. The van der Waals surface area contributed by atoms with E-state index < -0.39 is 0 Å². The molecule has 0 N–H and O–H groups in total. The number of hydrogen-bond acceptors (Lipinski definition) is 0. The Hall–Kier alpha value is -7.28. The molecule has 0 heterocycles. The summed E-state index contributed by atoms with van der Waals surface area (Å²) >= 11 is 0. The van der Waals surface area contributed by atoms with Crippen LogP contribution in [0.5, 0.6) is 0 Å². The molecule has 71 heavy (non-hydrogen) atoms. The Labute approximate surface area is 426 Å². The average molecular weight is 925 g/mol. The van der Waals surface area contributed by atoms with Gasteiger partial charge in [0, 0.05) is 11.3 Å². The SMILES string of the molecule is C=CC1=C(/C=C\C)c2ccc(-c3ccc(-c4ccc(C)cc4C=C)c(C)c3)cc2C1(C)C.CCC(C)c1ccccc1.CCC1c2ccccc2-c2cc(-c3ccc(C)c(-c4ccccc4C)c3)ccc21. The molecular formula is C71H72. The van der Waals surface area contributed by atoms with E-state index in [0.717, 1.165) is 6.42 Å². The van der Waals surface area contributed by atoms with Crippen molar-refractivity contribution in [3.63, 3.8) is 0 Å². The summed E-state index contributed by atoms with van der Waals surface area (Å²) in [4.78, 5) is 0. The number of aryl methyl sites for hydroxylation is 4. The Balaban J connectivity index is 0.000000160. The fourth-order valence-electron chi connectivity index (χ4n) is 11.0. The topological polar surface area (TPSA) is 0 Å². The van der Waals surface area contributed by atoms with Crippen molar-refractivity contribution >= 4 is 11.6 Å². The first-order valence-electron chi connectivity index (χ1n) is 25.8. The normalized spacial score (nSPS) is 14.4. The van der Waals surface area contributed by atoms with Crippen LogP contribution in [0.4, 0.5) is 0 Å². The molecule has 0 fully saturated rings. The Kier molecular flexibility index (Phi) is 15.4. The third kappa shape index (κ3) is 10.2. The summed E-state index contributed by atoms with van der Waals surface area (Å²) in [5.41, 5.74) is 29.0. The van der Waals surface area contributed by atoms with E-state index in [1.165, 1.54) is 129 Å². The molecule has 2 atom stereocenters. The second-order valence-electron chi connectivity index (χ2n) is 20.2. The molecule has 8 aromatic rings. The van der Waals surface area contributed by atoms with Crippen LogP contribution in [0.3, 0.4) is 0 Å². The largest absolute Gasteiger partial charge is 0.0987 e. The molecule has 0 nitrogen and oxygen atoms in total. The first kappa shape index (κ1) is 50.1. The van der Waals surface area contributed by atoms with E-state index in [4.69, 9.17) is 0 Å². The molecule has 2 aliphatic carbocycles. The maximum Gasteiger partial charge on any atom is 0.0158 e. The summed E-state index contributed by atoms with van der Waals surface area (Å²) in [5, 5.41) is 0. The highest BCUT2D eigenvalue weighted by molar-refractivity contribution is 5.90. The van der Waals surface area contributed by atoms with Gasteiger partial charge in [0.25, 0.3) is 0 Å². The zero-order valence-corrected chi connectivity index (χ0v) is 44.0.